The molecule has 0 aliphatic carbocycles. The van der Waals surface area contributed by atoms with Gasteiger partial charge in [-0.3, -0.25) is 0 Å². The van der Waals surface area contributed by atoms with Crippen LogP contribution in [0.1, 0.15) is 48.8 Å². The van der Waals surface area contributed by atoms with Gasteiger partial charge in [0.05, 0.1) is 29.0 Å². The third-order valence-corrected chi connectivity index (χ3v) is 7.48. The maximum Gasteiger partial charge on any atom is 0.337 e. The van der Waals surface area contributed by atoms with Gasteiger partial charge in [-0.1, -0.05) is 38.4 Å². The molecule has 3 aromatic rings. The summed E-state index contributed by atoms with van der Waals surface area (Å²) in [6, 6.07) is 8.58. The number of halogens is 2. The van der Waals surface area contributed by atoms with Crippen LogP contribution in [0, 0.1) is 18.2 Å². The van der Waals surface area contributed by atoms with E-state index in [-0.39, 0.29) is 22.1 Å². The number of hydrogen-bond donors (Lipinski definition) is 1. The zero-order valence-corrected chi connectivity index (χ0v) is 20.9. The average molecular weight is 490 g/mol. The number of fused-ring (bicyclic) bond motifs is 1. The minimum atomic E-state index is -0.976. The van der Waals surface area contributed by atoms with E-state index in [1.165, 1.54) is 17.4 Å². The van der Waals surface area contributed by atoms with Gasteiger partial charge in [-0.2, -0.15) is 0 Å². The zero-order valence-electron chi connectivity index (χ0n) is 19.4. The van der Waals surface area contributed by atoms with Crippen LogP contribution in [0.5, 0.6) is 0 Å². The third kappa shape index (κ3) is 5.18. The fourth-order valence-electron chi connectivity index (χ4n) is 4.42. The lowest BCUT2D eigenvalue weighted by Crippen LogP contribution is -2.43. The van der Waals surface area contributed by atoms with Crippen LogP contribution in [0.2, 0.25) is 5.02 Å². The number of morpholine rings is 1. The van der Waals surface area contributed by atoms with Gasteiger partial charge in [0.25, 0.3) is 0 Å². The molecular formula is C26H29ClFNO3S. The molecular weight excluding hydrogens is 461 g/mol. The number of anilines is 1. The molecule has 2 aromatic carbocycles. The molecule has 1 saturated heterocycles. The van der Waals surface area contributed by atoms with Gasteiger partial charge >= 0.3 is 5.97 Å². The van der Waals surface area contributed by atoms with E-state index in [4.69, 9.17) is 16.3 Å². The Morgan fingerprint density at radius 2 is 2.06 bits per heavy atom. The number of carbonyl (C=O) groups is 1. The summed E-state index contributed by atoms with van der Waals surface area (Å²) in [6.45, 7) is 10.5. The Kier molecular flexibility index (Phi) is 6.72. The summed E-state index contributed by atoms with van der Waals surface area (Å²) in [5.41, 5.74) is 2.78. The fraction of sp³-hybridized carbons (Fsp3) is 0.423. The predicted octanol–water partition coefficient (Wildman–Crippen LogP) is 7.40. The van der Waals surface area contributed by atoms with Crippen LogP contribution in [0.3, 0.4) is 0 Å². The molecule has 0 amide bonds. The highest BCUT2D eigenvalue weighted by atomic mass is 35.5. The van der Waals surface area contributed by atoms with E-state index < -0.39 is 11.8 Å². The van der Waals surface area contributed by atoms with Gasteiger partial charge in [-0.05, 0) is 55.0 Å². The van der Waals surface area contributed by atoms with Gasteiger partial charge in [0.2, 0.25) is 0 Å². The normalized spacial score (nSPS) is 17.0. The van der Waals surface area contributed by atoms with Crippen molar-refractivity contribution in [1.82, 2.24) is 0 Å². The first-order valence-electron chi connectivity index (χ1n) is 11.2. The molecule has 1 aliphatic rings. The number of benzene rings is 2. The Hall–Kier alpha value is -2.15. The summed E-state index contributed by atoms with van der Waals surface area (Å²) in [7, 11) is 0. The Bertz CT molecular complexity index is 1200. The standard InChI is InChI=1S/C26H29ClFNO3S/c1-15-24(19-12-21(28)20(27)13-23(19)33-15)16-5-6-22(18(11-16)25(30)31)29-9-10-32-17(14-29)7-8-26(2,3)4/h5-6,11-13,17H,7-10,14H2,1-4H3,(H,30,31)/t17-/m1/s1. The van der Waals surface area contributed by atoms with Gasteiger partial charge in [0, 0.05) is 33.6 Å². The molecule has 2 heterocycles. The second-order valence-electron chi connectivity index (χ2n) is 9.87. The van der Waals surface area contributed by atoms with Crippen molar-refractivity contribution in [3.05, 3.63) is 51.6 Å². The maximum absolute atomic E-state index is 14.2. The Labute approximate surface area is 202 Å². The van der Waals surface area contributed by atoms with Gasteiger partial charge in [0.1, 0.15) is 5.82 Å². The Morgan fingerprint density at radius 1 is 1.30 bits per heavy atom. The molecule has 1 N–H and O–H groups in total. The summed E-state index contributed by atoms with van der Waals surface area (Å²) >= 11 is 7.49. The number of aromatic carboxylic acids is 1. The van der Waals surface area contributed by atoms with E-state index in [1.54, 1.807) is 12.1 Å². The minimum Gasteiger partial charge on any atom is -0.478 e. The SMILES string of the molecule is Cc1sc2cc(Cl)c(F)cc2c1-c1ccc(N2CCO[C@H](CCC(C)(C)C)C2)c(C(=O)O)c1. The second kappa shape index (κ2) is 9.24. The summed E-state index contributed by atoms with van der Waals surface area (Å²) in [4.78, 5) is 15.3. The van der Waals surface area contributed by atoms with Crippen molar-refractivity contribution >= 4 is 44.7 Å². The third-order valence-electron chi connectivity index (χ3n) is 6.12. The Balaban J connectivity index is 1.68. The summed E-state index contributed by atoms with van der Waals surface area (Å²) in [5.74, 6) is -1.45. The summed E-state index contributed by atoms with van der Waals surface area (Å²) < 4.78 is 21.0. The van der Waals surface area contributed by atoms with E-state index in [0.717, 1.165) is 38.9 Å². The highest BCUT2D eigenvalue weighted by molar-refractivity contribution is 7.19. The molecule has 1 aliphatic heterocycles. The first-order chi connectivity index (χ1) is 15.5. The van der Waals surface area contributed by atoms with E-state index in [2.05, 4.69) is 25.7 Å². The molecule has 33 heavy (non-hydrogen) atoms. The lowest BCUT2D eigenvalue weighted by Gasteiger charge is -2.36. The molecule has 1 aromatic heterocycles. The van der Waals surface area contributed by atoms with Crippen LogP contribution in [0.25, 0.3) is 21.2 Å². The molecule has 4 nitrogen and oxygen atoms in total. The van der Waals surface area contributed by atoms with Gasteiger partial charge in [-0.25, -0.2) is 9.18 Å². The molecule has 7 heteroatoms. The largest absolute Gasteiger partial charge is 0.478 e. The van der Waals surface area contributed by atoms with E-state index >= 15 is 0 Å². The molecule has 1 atom stereocenters. The monoisotopic (exact) mass is 489 g/mol. The van der Waals surface area contributed by atoms with Crippen LogP contribution in [0.15, 0.2) is 30.3 Å². The van der Waals surface area contributed by atoms with Gasteiger partial charge in [0.15, 0.2) is 0 Å². The maximum atomic E-state index is 14.2. The highest BCUT2D eigenvalue weighted by Crippen LogP contribution is 2.41. The number of nitrogens with zero attached hydrogens (tertiary/aromatic N) is 1. The van der Waals surface area contributed by atoms with Crippen molar-refractivity contribution in [3.63, 3.8) is 0 Å². The van der Waals surface area contributed by atoms with Crippen LogP contribution in [-0.4, -0.2) is 36.9 Å². The molecule has 0 unspecified atom stereocenters. The number of aryl methyl sites for hydroxylation is 1. The van der Waals surface area contributed by atoms with E-state index in [0.29, 0.717) is 25.4 Å². The number of ether oxygens (including phenoxy) is 1. The number of carboxylic acid groups (broad SMARTS) is 1. The van der Waals surface area contributed by atoms with Crippen molar-refractivity contribution in [1.29, 1.82) is 0 Å². The zero-order chi connectivity index (χ0) is 23.9. The second-order valence-corrected chi connectivity index (χ2v) is 11.5. The summed E-state index contributed by atoms with van der Waals surface area (Å²) in [5, 5.41) is 10.9. The molecule has 1 fully saturated rings. The topological polar surface area (TPSA) is 49.8 Å². The van der Waals surface area contributed by atoms with Crippen LogP contribution < -0.4 is 4.90 Å². The summed E-state index contributed by atoms with van der Waals surface area (Å²) in [6.07, 6.45) is 2.06. The lowest BCUT2D eigenvalue weighted by molar-refractivity contribution is 0.0281. The van der Waals surface area contributed by atoms with Crippen LogP contribution in [-0.2, 0) is 4.74 Å². The number of carboxylic acids is 1. The first kappa shape index (κ1) is 24.0. The predicted molar refractivity (Wildman–Crippen MR) is 135 cm³/mol. The Morgan fingerprint density at radius 3 is 2.76 bits per heavy atom. The fourth-order valence-corrected chi connectivity index (χ4v) is 5.75. The number of rotatable bonds is 5. The van der Waals surface area contributed by atoms with E-state index in [1.807, 2.05) is 19.1 Å². The molecule has 0 saturated carbocycles. The quantitative estimate of drug-likeness (QED) is 0.405. The van der Waals surface area contributed by atoms with E-state index in [9.17, 15) is 14.3 Å². The van der Waals surface area contributed by atoms with Crippen LogP contribution >= 0.6 is 22.9 Å². The molecule has 0 spiro atoms. The van der Waals surface area contributed by atoms with Gasteiger partial charge in [-0.15, -0.1) is 11.3 Å². The van der Waals surface area contributed by atoms with Crippen molar-refractivity contribution in [2.24, 2.45) is 5.41 Å². The molecule has 4 rings (SSSR count). The van der Waals surface area contributed by atoms with Crippen LogP contribution in [0.4, 0.5) is 10.1 Å². The molecule has 0 bridgehead atoms. The molecule has 176 valence electrons. The minimum absolute atomic E-state index is 0.0788. The van der Waals surface area contributed by atoms with Gasteiger partial charge < -0.3 is 14.7 Å². The average Bonchev–Trinajstić information content (AvgIpc) is 3.06. The highest BCUT2D eigenvalue weighted by Gasteiger charge is 2.26. The smallest absolute Gasteiger partial charge is 0.337 e. The van der Waals surface area contributed by atoms with Crippen molar-refractivity contribution in [3.8, 4) is 11.1 Å². The van der Waals surface area contributed by atoms with Crippen molar-refractivity contribution in [2.75, 3.05) is 24.6 Å². The number of hydrogen-bond acceptors (Lipinski definition) is 4. The van der Waals surface area contributed by atoms with Crippen molar-refractivity contribution in [2.45, 2.75) is 46.6 Å². The number of thiophene rings is 1. The first-order valence-corrected chi connectivity index (χ1v) is 12.4. The molecule has 0 radical (unpaired) electrons. The lowest BCUT2D eigenvalue weighted by atomic mass is 9.89. The van der Waals surface area contributed by atoms with Crippen molar-refractivity contribution < 1.29 is 19.0 Å².